The summed E-state index contributed by atoms with van der Waals surface area (Å²) in [6.45, 7) is 0. The Kier molecular flexibility index (Phi) is 3.94. The lowest BCUT2D eigenvalue weighted by Crippen LogP contribution is -2.32. The predicted octanol–water partition coefficient (Wildman–Crippen LogP) is -0.204. The van der Waals surface area contributed by atoms with E-state index in [1.807, 2.05) is 0 Å². The highest BCUT2D eigenvalue weighted by Crippen LogP contribution is 2.11. The number of carbonyl (C=O) groups is 1. The maximum absolute atomic E-state index is 11.6. The van der Waals surface area contributed by atoms with Gasteiger partial charge in [0.1, 0.15) is 11.6 Å². The number of aromatic nitrogens is 3. The first-order valence-electron chi connectivity index (χ1n) is 4.96. The van der Waals surface area contributed by atoms with Gasteiger partial charge in [-0.15, -0.1) is 0 Å². The summed E-state index contributed by atoms with van der Waals surface area (Å²) in [6.07, 6.45) is 0. The second-order valence-corrected chi connectivity index (χ2v) is 5.32. The number of hydrogen-bond donors (Lipinski definition) is 2. The second kappa shape index (κ2) is 5.46. The Labute approximate surface area is 110 Å². The van der Waals surface area contributed by atoms with Crippen LogP contribution in [0.25, 0.3) is 4.96 Å². The molecule has 0 aliphatic heterocycles. The molecule has 0 fully saturated rings. The number of carboxylic acid groups (broad SMARTS) is 1. The Balaban J connectivity index is 2.04. The van der Waals surface area contributed by atoms with Crippen molar-refractivity contribution in [3.05, 3.63) is 27.6 Å². The van der Waals surface area contributed by atoms with Gasteiger partial charge in [0.2, 0.25) is 4.96 Å². The van der Waals surface area contributed by atoms with Crippen molar-refractivity contribution in [1.82, 2.24) is 14.6 Å². The molecule has 0 unspecified atom stereocenters. The number of nitrogens with zero attached hydrogens (tertiary/aromatic N) is 3. The van der Waals surface area contributed by atoms with Gasteiger partial charge in [-0.25, -0.2) is 4.98 Å². The molecule has 0 aromatic carbocycles. The van der Waals surface area contributed by atoms with E-state index in [-0.39, 0.29) is 11.3 Å². The minimum Gasteiger partial charge on any atom is -0.480 e. The molecule has 0 aliphatic carbocycles. The van der Waals surface area contributed by atoms with Crippen LogP contribution in [0.5, 0.6) is 0 Å². The number of rotatable bonds is 5. The maximum Gasteiger partial charge on any atom is 0.321 e. The van der Waals surface area contributed by atoms with Gasteiger partial charge in [-0.2, -0.15) is 21.4 Å². The summed E-state index contributed by atoms with van der Waals surface area (Å²) in [4.78, 5) is 26.9. The van der Waals surface area contributed by atoms with Crippen LogP contribution in [-0.4, -0.2) is 37.5 Å². The molecule has 2 aromatic heterocycles. The third kappa shape index (κ3) is 2.86. The van der Waals surface area contributed by atoms with Gasteiger partial charge in [0, 0.05) is 17.6 Å². The summed E-state index contributed by atoms with van der Waals surface area (Å²) in [7, 11) is 0. The Morgan fingerprint density at radius 2 is 2.44 bits per heavy atom. The lowest BCUT2D eigenvalue weighted by molar-refractivity contribution is -0.137. The van der Waals surface area contributed by atoms with Crippen LogP contribution in [0, 0.1) is 0 Å². The fourth-order valence-corrected chi connectivity index (χ4v) is 2.75. The zero-order chi connectivity index (χ0) is 13.1. The van der Waals surface area contributed by atoms with E-state index in [4.69, 9.17) is 10.8 Å². The van der Waals surface area contributed by atoms with Gasteiger partial charge in [0.15, 0.2) is 0 Å². The van der Waals surface area contributed by atoms with E-state index in [0.717, 1.165) is 0 Å². The van der Waals surface area contributed by atoms with Gasteiger partial charge in [0.25, 0.3) is 5.56 Å². The van der Waals surface area contributed by atoms with Crippen LogP contribution >= 0.6 is 23.1 Å². The van der Waals surface area contributed by atoms with Crippen molar-refractivity contribution < 1.29 is 9.90 Å². The van der Waals surface area contributed by atoms with Crippen LogP contribution in [0.1, 0.15) is 5.69 Å². The second-order valence-electron chi connectivity index (χ2n) is 3.48. The Morgan fingerprint density at radius 3 is 3.17 bits per heavy atom. The topological polar surface area (TPSA) is 111 Å². The van der Waals surface area contributed by atoms with Crippen molar-refractivity contribution >= 4 is 34.0 Å². The van der Waals surface area contributed by atoms with Crippen molar-refractivity contribution in [2.24, 2.45) is 5.73 Å². The molecular formula is C9H10N4O3S2. The highest BCUT2D eigenvalue weighted by molar-refractivity contribution is 7.98. The lowest BCUT2D eigenvalue weighted by atomic mass is 10.4. The Hall–Kier alpha value is -1.45. The van der Waals surface area contributed by atoms with Crippen molar-refractivity contribution in [3.63, 3.8) is 0 Å². The highest BCUT2D eigenvalue weighted by Gasteiger charge is 2.11. The Bertz CT molecular complexity index is 624. The van der Waals surface area contributed by atoms with Gasteiger partial charge < -0.3 is 10.8 Å². The average Bonchev–Trinajstić information content (AvgIpc) is 2.77. The molecule has 2 aromatic rings. The molecule has 0 bridgehead atoms. The van der Waals surface area contributed by atoms with E-state index in [2.05, 4.69) is 10.1 Å². The third-order valence-electron chi connectivity index (χ3n) is 2.10. The fourth-order valence-electron chi connectivity index (χ4n) is 1.24. The molecule has 1 atom stereocenters. The van der Waals surface area contributed by atoms with Crippen LogP contribution < -0.4 is 11.3 Å². The lowest BCUT2D eigenvalue weighted by Gasteiger charge is -2.05. The minimum absolute atomic E-state index is 0.237. The van der Waals surface area contributed by atoms with E-state index in [0.29, 0.717) is 16.4 Å². The number of carboxylic acids is 1. The zero-order valence-corrected chi connectivity index (χ0v) is 10.8. The quantitative estimate of drug-likeness (QED) is 0.782. The molecule has 0 saturated carbocycles. The fraction of sp³-hybridized carbons (Fsp3) is 0.333. The van der Waals surface area contributed by atoms with Crippen molar-refractivity contribution in [2.75, 3.05) is 5.75 Å². The number of fused-ring (bicyclic) bond motifs is 1. The van der Waals surface area contributed by atoms with Crippen LogP contribution in [-0.2, 0) is 10.5 Å². The minimum atomic E-state index is -1.03. The normalized spacial score (nSPS) is 12.7. The summed E-state index contributed by atoms with van der Waals surface area (Å²) < 4.78 is 1.22. The predicted molar refractivity (Wildman–Crippen MR) is 68.9 cm³/mol. The monoisotopic (exact) mass is 286 g/mol. The molecule has 9 heteroatoms. The van der Waals surface area contributed by atoms with Crippen molar-refractivity contribution in [2.45, 2.75) is 11.8 Å². The molecule has 2 rings (SSSR count). The first-order valence-corrected chi connectivity index (χ1v) is 7.00. The highest BCUT2D eigenvalue weighted by atomic mass is 32.2. The summed E-state index contributed by atoms with van der Waals surface area (Å²) in [6, 6.07) is 0.495. The molecule has 0 amide bonds. The van der Waals surface area contributed by atoms with Crippen molar-refractivity contribution in [1.29, 1.82) is 0 Å². The number of hydrogen-bond acceptors (Lipinski definition) is 7. The smallest absolute Gasteiger partial charge is 0.321 e. The molecule has 0 spiro atoms. The zero-order valence-electron chi connectivity index (χ0n) is 9.15. The first kappa shape index (κ1) is 13.0. The summed E-state index contributed by atoms with van der Waals surface area (Å²) in [5.41, 5.74) is 7.28. The number of aliphatic carboxylic acids is 1. The summed E-state index contributed by atoms with van der Waals surface area (Å²) in [5, 5.41) is 12.5. The van der Waals surface area contributed by atoms with Crippen LogP contribution in [0.3, 0.4) is 0 Å². The molecule has 7 nitrogen and oxygen atoms in total. The molecule has 18 heavy (non-hydrogen) atoms. The summed E-state index contributed by atoms with van der Waals surface area (Å²) >= 11 is 2.60. The maximum atomic E-state index is 11.6. The SMILES string of the molecule is N[C@@H](CSCc1cc(=O)n2ncsc2n1)C(=O)O. The van der Waals surface area contributed by atoms with E-state index < -0.39 is 12.0 Å². The van der Waals surface area contributed by atoms with Crippen LogP contribution in [0.2, 0.25) is 0 Å². The molecule has 3 N–H and O–H groups in total. The average molecular weight is 286 g/mol. The molecule has 2 heterocycles. The van der Waals surface area contributed by atoms with E-state index in [1.54, 1.807) is 5.51 Å². The molecular weight excluding hydrogens is 276 g/mol. The summed E-state index contributed by atoms with van der Waals surface area (Å²) in [5.74, 6) is -0.308. The van der Waals surface area contributed by atoms with E-state index >= 15 is 0 Å². The van der Waals surface area contributed by atoms with Crippen molar-refractivity contribution in [3.8, 4) is 0 Å². The van der Waals surface area contributed by atoms with Gasteiger partial charge in [-0.3, -0.25) is 9.59 Å². The molecule has 0 saturated heterocycles. The van der Waals surface area contributed by atoms with Crippen LogP contribution in [0.15, 0.2) is 16.4 Å². The Morgan fingerprint density at radius 1 is 1.67 bits per heavy atom. The number of thioether (sulfide) groups is 1. The van der Waals surface area contributed by atoms with Gasteiger partial charge in [-0.05, 0) is 0 Å². The first-order chi connectivity index (χ1) is 8.58. The van der Waals surface area contributed by atoms with Gasteiger partial charge >= 0.3 is 5.97 Å². The van der Waals surface area contributed by atoms with Gasteiger partial charge in [-0.1, -0.05) is 11.3 Å². The standard InChI is InChI=1S/C9H10N4O3S2/c10-6(8(15)16)3-17-2-5-1-7(14)13-9(12-5)18-4-11-13/h1,4,6H,2-3,10H2,(H,15,16)/t6-/m0/s1. The molecule has 0 radical (unpaired) electrons. The van der Waals surface area contributed by atoms with Gasteiger partial charge in [0.05, 0.1) is 5.69 Å². The largest absolute Gasteiger partial charge is 0.480 e. The third-order valence-corrected chi connectivity index (χ3v) is 3.87. The van der Waals surface area contributed by atoms with Crippen LogP contribution in [0.4, 0.5) is 0 Å². The molecule has 96 valence electrons. The van der Waals surface area contributed by atoms with E-state index in [9.17, 15) is 9.59 Å². The molecule has 0 aliphatic rings. The van der Waals surface area contributed by atoms with E-state index in [1.165, 1.54) is 33.7 Å². The number of nitrogens with two attached hydrogens (primary N) is 1.